The number of hydrogen-bond donors (Lipinski definition) is 1. The van der Waals surface area contributed by atoms with Gasteiger partial charge in [0.2, 0.25) is 0 Å². The maximum atomic E-state index is 4.16. The van der Waals surface area contributed by atoms with Crippen molar-refractivity contribution in [2.45, 2.75) is 6.92 Å². The van der Waals surface area contributed by atoms with Crippen LogP contribution in [-0.2, 0) is 0 Å². The summed E-state index contributed by atoms with van der Waals surface area (Å²) in [5.74, 6) is 0.841. The van der Waals surface area contributed by atoms with E-state index in [-0.39, 0.29) is 0 Å². The van der Waals surface area contributed by atoms with Crippen molar-refractivity contribution in [2.24, 2.45) is 0 Å². The monoisotopic (exact) mass is 228 g/mol. The molecule has 0 atom stereocenters. The molecular weight excluding hydrogens is 212 g/mol. The molecule has 0 saturated carbocycles. The maximum Gasteiger partial charge on any atom is 0.155 e. The molecule has 1 heterocycles. The Hall–Kier alpha value is -2.10. The molecule has 0 unspecified atom stereocenters. The fourth-order valence-corrected chi connectivity index (χ4v) is 1.55. The third-order valence-corrected chi connectivity index (χ3v) is 2.67. The van der Waals surface area contributed by atoms with Gasteiger partial charge in [-0.1, -0.05) is 0 Å². The third kappa shape index (κ3) is 2.53. The minimum atomic E-state index is 0.841. The molecule has 17 heavy (non-hydrogen) atoms. The van der Waals surface area contributed by atoms with Crippen molar-refractivity contribution < 1.29 is 0 Å². The smallest absolute Gasteiger partial charge is 0.155 e. The molecule has 0 aliphatic heterocycles. The maximum absolute atomic E-state index is 4.16. The normalized spacial score (nSPS) is 10.1. The van der Waals surface area contributed by atoms with Crippen LogP contribution in [0.1, 0.15) is 5.69 Å². The Morgan fingerprint density at radius 1 is 1.00 bits per heavy atom. The summed E-state index contributed by atoms with van der Waals surface area (Å²) in [7, 11) is 3.89. The Morgan fingerprint density at radius 3 is 2.24 bits per heavy atom. The van der Waals surface area contributed by atoms with Crippen LogP contribution in [0, 0.1) is 6.92 Å². The minimum absolute atomic E-state index is 0.841. The Balaban J connectivity index is 2.23. The van der Waals surface area contributed by atoms with E-state index in [0.29, 0.717) is 0 Å². The zero-order valence-electron chi connectivity index (χ0n) is 10.3. The third-order valence-electron chi connectivity index (χ3n) is 2.67. The van der Waals surface area contributed by atoms with Gasteiger partial charge in [0.15, 0.2) is 5.82 Å². The average molecular weight is 228 g/mol. The van der Waals surface area contributed by atoms with E-state index >= 15 is 0 Å². The number of aromatic nitrogens is 2. The molecule has 1 aromatic heterocycles. The lowest BCUT2D eigenvalue weighted by atomic mass is 10.2. The van der Waals surface area contributed by atoms with E-state index in [2.05, 4.69) is 15.5 Å². The Kier molecular flexibility index (Phi) is 3.23. The average Bonchev–Trinajstić information content (AvgIpc) is 2.39. The summed E-state index contributed by atoms with van der Waals surface area (Å²) in [5, 5.41) is 11.3. The van der Waals surface area contributed by atoms with E-state index in [0.717, 1.165) is 22.9 Å². The number of rotatable bonds is 3. The van der Waals surface area contributed by atoms with Crippen LogP contribution < -0.4 is 10.2 Å². The molecule has 0 fully saturated rings. The number of benzene rings is 1. The first-order valence-corrected chi connectivity index (χ1v) is 5.52. The Morgan fingerprint density at radius 2 is 1.71 bits per heavy atom. The van der Waals surface area contributed by atoms with Gasteiger partial charge in [-0.05, 0) is 43.3 Å². The Bertz CT molecular complexity index is 476. The molecule has 0 bridgehead atoms. The van der Waals surface area contributed by atoms with Crippen molar-refractivity contribution in [1.82, 2.24) is 10.2 Å². The van der Waals surface area contributed by atoms with Crippen molar-refractivity contribution in [2.75, 3.05) is 24.3 Å². The van der Waals surface area contributed by atoms with Crippen molar-refractivity contribution in [1.29, 1.82) is 0 Å². The van der Waals surface area contributed by atoms with Crippen LogP contribution >= 0.6 is 0 Å². The lowest BCUT2D eigenvalue weighted by Crippen LogP contribution is -2.11. The molecule has 88 valence electrons. The fraction of sp³-hybridized carbons (Fsp3) is 0.231. The summed E-state index contributed by atoms with van der Waals surface area (Å²) in [5.41, 5.74) is 3.10. The molecule has 0 aliphatic carbocycles. The molecular formula is C13H16N4. The zero-order chi connectivity index (χ0) is 12.3. The van der Waals surface area contributed by atoms with E-state index in [1.54, 1.807) is 0 Å². The molecule has 0 spiro atoms. The first-order valence-electron chi connectivity index (χ1n) is 5.52. The molecule has 4 nitrogen and oxygen atoms in total. The van der Waals surface area contributed by atoms with Gasteiger partial charge in [0, 0.05) is 25.5 Å². The van der Waals surface area contributed by atoms with Gasteiger partial charge in [0.25, 0.3) is 0 Å². The standard InChI is InChI=1S/C13H16N4/c1-10-4-9-13(16-15-10)17(3)12-7-5-11(14-2)6-8-12/h4-9,14H,1-3H3. The molecule has 4 heteroatoms. The number of hydrogen-bond acceptors (Lipinski definition) is 4. The lowest BCUT2D eigenvalue weighted by molar-refractivity contribution is 0.952. The molecule has 0 aliphatic rings. The predicted molar refractivity (Wildman–Crippen MR) is 70.8 cm³/mol. The topological polar surface area (TPSA) is 41.0 Å². The Labute approximate surface area is 101 Å². The summed E-state index contributed by atoms with van der Waals surface area (Å²) in [6.07, 6.45) is 0. The van der Waals surface area contributed by atoms with Crippen LogP contribution in [0.5, 0.6) is 0 Å². The van der Waals surface area contributed by atoms with Crippen LogP contribution in [0.25, 0.3) is 0 Å². The summed E-state index contributed by atoms with van der Waals surface area (Å²) < 4.78 is 0. The highest BCUT2D eigenvalue weighted by Gasteiger charge is 2.05. The van der Waals surface area contributed by atoms with Gasteiger partial charge in [-0.2, -0.15) is 5.10 Å². The van der Waals surface area contributed by atoms with Crippen LogP contribution in [0.3, 0.4) is 0 Å². The van der Waals surface area contributed by atoms with Gasteiger partial charge in [-0.25, -0.2) is 0 Å². The van der Waals surface area contributed by atoms with E-state index in [4.69, 9.17) is 0 Å². The molecule has 2 aromatic rings. The lowest BCUT2D eigenvalue weighted by Gasteiger charge is -2.17. The summed E-state index contributed by atoms with van der Waals surface area (Å²) in [6.45, 7) is 1.93. The zero-order valence-corrected chi connectivity index (χ0v) is 10.3. The number of nitrogens with zero attached hydrogens (tertiary/aromatic N) is 3. The first-order chi connectivity index (χ1) is 8.20. The molecule has 0 amide bonds. The summed E-state index contributed by atoms with van der Waals surface area (Å²) in [6, 6.07) is 12.1. The quantitative estimate of drug-likeness (QED) is 0.876. The molecule has 0 saturated heterocycles. The van der Waals surface area contributed by atoms with Crippen LogP contribution in [0.4, 0.5) is 17.2 Å². The van der Waals surface area contributed by atoms with Crippen molar-refractivity contribution in [3.8, 4) is 0 Å². The van der Waals surface area contributed by atoms with E-state index in [1.807, 2.05) is 62.3 Å². The van der Waals surface area contributed by atoms with Crippen LogP contribution in [-0.4, -0.2) is 24.3 Å². The second-order valence-corrected chi connectivity index (χ2v) is 3.89. The fourth-order valence-electron chi connectivity index (χ4n) is 1.55. The summed E-state index contributed by atoms with van der Waals surface area (Å²) in [4.78, 5) is 2.01. The largest absolute Gasteiger partial charge is 0.388 e. The first kappa shape index (κ1) is 11.4. The van der Waals surface area contributed by atoms with Gasteiger partial charge in [-0.3, -0.25) is 0 Å². The van der Waals surface area contributed by atoms with Gasteiger partial charge in [0.1, 0.15) is 0 Å². The molecule has 1 N–H and O–H groups in total. The second-order valence-electron chi connectivity index (χ2n) is 3.89. The van der Waals surface area contributed by atoms with Gasteiger partial charge in [-0.15, -0.1) is 5.10 Å². The van der Waals surface area contributed by atoms with Crippen molar-refractivity contribution >= 4 is 17.2 Å². The minimum Gasteiger partial charge on any atom is -0.388 e. The molecule has 2 rings (SSSR count). The van der Waals surface area contributed by atoms with Gasteiger partial charge < -0.3 is 10.2 Å². The highest BCUT2D eigenvalue weighted by Crippen LogP contribution is 2.22. The SMILES string of the molecule is CNc1ccc(N(C)c2ccc(C)nn2)cc1. The van der Waals surface area contributed by atoms with Crippen molar-refractivity contribution in [3.05, 3.63) is 42.1 Å². The number of aryl methyl sites for hydroxylation is 1. The van der Waals surface area contributed by atoms with E-state index in [9.17, 15) is 0 Å². The van der Waals surface area contributed by atoms with Crippen LogP contribution in [0.15, 0.2) is 36.4 Å². The highest BCUT2D eigenvalue weighted by atomic mass is 15.2. The predicted octanol–water partition coefficient (Wildman–Crippen LogP) is 2.59. The van der Waals surface area contributed by atoms with Gasteiger partial charge >= 0.3 is 0 Å². The number of nitrogens with one attached hydrogen (secondary N) is 1. The molecule has 0 radical (unpaired) electrons. The molecule has 1 aromatic carbocycles. The van der Waals surface area contributed by atoms with E-state index < -0.39 is 0 Å². The number of anilines is 3. The van der Waals surface area contributed by atoms with Gasteiger partial charge in [0.05, 0.1) is 5.69 Å². The summed E-state index contributed by atoms with van der Waals surface area (Å²) >= 11 is 0. The van der Waals surface area contributed by atoms with E-state index in [1.165, 1.54) is 0 Å². The highest BCUT2D eigenvalue weighted by molar-refractivity contribution is 5.61. The second kappa shape index (κ2) is 4.82. The van der Waals surface area contributed by atoms with Crippen molar-refractivity contribution in [3.63, 3.8) is 0 Å². The van der Waals surface area contributed by atoms with Crippen LogP contribution in [0.2, 0.25) is 0 Å².